The lowest BCUT2D eigenvalue weighted by atomic mass is 9.97. The summed E-state index contributed by atoms with van der Waals surface area (Å²) in [4.78, 5) is 0. The molecule has 1 rings (SSSR count). The van der Waals surface area contributed by atoms with Crippen LogP contribution in [0.25, 0.3) is 0 Å². The zero-order valence-corrected chi connectivity index (χ0v) is 11.9. The van der Waals surface area contributed by atoms with Crippen LogP contribution in [0.3, 0.4) is 0 Å². The first kappa shape index (κ1) is 16.4. The van der Waals surface area contributed by atoms with Gasteiger partial charge in [0.05, 0.1) is 38.6 Å². The van der Waals surface area contributed by atoms with Gasteiger partial charge in [-0.1, -0.05) is 6.58 Å². The molecule has 0 unspecified atom stereocenters. The average Bonchev–Trinajstić information content (AvgIpc) is 2.22. The van der Waals surface area contributed by atoms with E-state index in [0.717, 1.165) is 0 Å². The van der Waals surface area contributed by atoms with E-state index in [2.05, 4.69) is 6.58 Å². The van der Waals surface area contributed by atoms with Crippen molar-refractivity contribution in [1.29, 1.82) is 0 Å². The van der Waals surface area contributed by atoms with Crippen LogP contribution in [0.15, 0.2) is 12.9 Å². The highest BCUT2D eigenvalue weighted by Gasteiger charge is 2.46. The van der Waals surface area contributed by atoms with Crippen LogP contribution in [0, 0.1) is 0 Å². The zero-order valence-electron chi connectivity index (χ0n) is 7.39. The van der Waals surface area contributed by atoms with Gasteiger partial charge >= 0.3 is 0 Å². The van der Waals surface area contributed by atoms with Crippen LogP contribution in [0.5, 0.6) is 0 Å². The number of alkyl halides is 6. The Morgan fingerprint density at radius 1 is 0.667 bits per heavy atom. The molecule has 0 nitrogen and oxygen atoms in total. The van der Waals surface area contributed by atoms with Crippen molar-refractivity contribution < 1.29 is 4.39 Å². The largest absolute Gasteiger partial charge is 0.216 e. The monoisotopic (exact) mass is 334 g/mol. The van der Waals surface area contributed by atoms with E-state index in [9.17, 15) is 4.39 Å². The highest BCUT2D eigenvalue weighted by atomic mass is 35.5. The van der Waals surface area contributed by atoms with Gasteiger partial charge in [0, 0.05) is 0 Å². The SMILES string of the molecule is C=CF.Cl[C@H]1[C@H](Cl)[C@@H](Cl)[C@@H](Cl)[C@H](Cl)[C@H]1Cl. The van der Waals surface area contributed by atoms with Crippen LogP contribution in [-0.2, 0) is 0 Å². The fraction of sp³-hybridized carbons (Fsp3) is 0.750. The van der Waals surface area contributed by atoms with E-state index in [0.29, 0.717) is 0 Å². The topological polar surface area (TPSA) is 0 Å². The third-order valence-corrected chi connectivity index (χ3v) is 5.86. The predicted molar refractivity (Wildman–Crippen MR) is 69.2 cm³/mol. The molecule has 0 aromatic carbocycles. The second-order valence-corrected chi connectivity index (χ2v) is 5.84. The van der Waals surface area contributed by atoms with Crippen LogP contribution in [0.2, 0.25) is 0 Å². The van der Waals surface area contributed by atoms with Crippen molar-refractivity contribution in [3.05, 3.63) is 12.9 Å². The molecule has 0 bridgehead atoms. The minimum atomic E-state index is -0.437. The molecular weight excluding hydrogens is 328 g/mol. The van der Waals surface area contributed by atoms with Gasteiger partial charge in [-0.3, -0.25) is 0 Å². The van der Waals surface area contributed by atoms with E-state index in [4.69, 9.17) is 69.6 Å². The van der Waals surface area contributed by atoms with E-state index in [1.54, 1.807) is 0 Å². The third-order valence-electron chi connectivity index (χ3n) is 1.83. The molecule has 1 fully saturated rings. The first-order valence-corrected chi connectivity index (χ1v) is 6.55. The third kappa shape index (κ3) is 4.29. The summed E-state index contributed by atoms with van der Waals surface area (Å²) in [7, 11) is 0. The summed E-state index contributed by atoms with van der Waals surface area (Å²) in [6, 6.07) is 0. The van der Waals surface area contributed by atoms with Crippen LogP contribution in [0.1, 0.15) is 0 Å². The lowest BCUT2D eigenvalue weighted by Crippen LogP contribution is -2.52. The highest BCUT2D eigenvalue weighted by Crippen LogP contribution is 2.39. The lowest BCUT2D eigenvalue weighted by molar-refractivity contribution is 0.544. The zero-order chi connectivity index (χ0) is 12.2. The van der Waals surface area contributed by atoms with Crippen molar-refractivity contribution in [3.8, 4) is 0 Å². The molecule has 0 atom stereocenters. The molecule has 0 amide bonds. The van der Waals surface area contributed by atoms with Crippen LogP contribution >= 0.6 is 69.6 Å². The Kier molecular flexibility index (Phi) is 8.40. The quantitative estimate of drug-likeness (QED) is 0.560. The molecule has 1 aliphatic carbocycles. The minimum absolute atomic E-state index is 0.250. The normalized spacial score (nSPS) is 45.3. The summed E-state index contributed by atoms with van der Waals surface area (Å²) < 4.78 is 10.1. The van der Waals surface area contributed by atoms with Gasteiger partial charge < -0.3 is 0 Å². The van der Waals surface area contributed by atoms with Crippen LogP contribution in [-0.4, -0.2) is 32.3 Å². The summed E-state index contributed by atoms with van der Waals surface area (Å²) in [6.07, 6.45) is 0.250. The van der Waals surface area contributed by atoms with Gasteiger partial charge in [-0.2, -0.15) is 0 Å². The van der Waals surface area contributed by atoms with E-state index in [-0.39, 0.29) is 6.33 Å². The first-order chi connectivity index (χ1) is 6.88. The predicted octanol–water partition coefficient (Wildman–Crippen LogP) is 4.74. The maximum Gasteiger partial charge on any atom is 0.0795 e. The molecule has 0 N–H and O–H groups in total. The van der Waals surface area contributed by atoms with Gasteiger partial charge in [-0.25, -0.2) is 4.39 Å². The molecule has 1 saturated carbocycles. The Labute approximate surface area is 119 Å². The van der Waals surface area contributed by atoms with E-state index in [1.165, 1.54) is 0 Å². The Hall–Kier alpha value is 1.41. The molecule has 0 aromatic heterocycles. The summed E-state index contributed by atoms with van der Waals surface area (Å²) in [6.45, 7) is 2.69. The summed E-state index contributed by atoms with van der Waals surface area (Å²) in [5.74, 6) is 0. The van der Waals surface area contributed by atoms with E-state index < -0.39 is 32.3 Å². The van der Waals surface area contributed by atoms with Crippen molar-refractivity contribution in [2.75, 3.05) is 0 Å². The first-order valence-electron chi connectivity index (χ1n) is 3.94. The Morgan fingerprint density at radius 3 is 0.800 bits per heavy atom. The number of hydrogen-bond acceptors (Lipinski definition) is 0. The number of rotatable bonds is 0. The Morgan fingerprint density at radius 2 is 0.733 bits per heavy atom. The maximum absolute atomic E-state index is 10.1. The summed E-state index contributed by atoms with van der Waals surface area (Å²) in [5, 5.41) is -2.62. The van der Waals surface area contributed by atoms with E-state index in [1.807, 2.05) is 0 Å². The molecule has 0 radical (unpaired) electrons. The van der Waals surface area contributed by atoms with Gasteiger partial charge in [-0.15, -0.1) is 69.6 Å². The Bertz CT molecular complexity index is 143. The molecule has 0 aromatic rings. The number of hydrogen-bond donors (Lipinski definition) is 0. The van der Waals surface area contributed by atoms with Crippen LogP contribution < -0.4 is 0 Å². The van der Waals surface area contributed by atoms with Gasteiger partial charge in [-0.05, 0) is 0 Å². The molecule has 7 heteroatoms. The maximum atomic E-state index is 10.1. The lowest BCUT2D eigenvalue weighted by Gasteiger charge is -2.37. The fourth-order valence-electron chi connectivity index (χ4n) is 1.05. The minimum Gasteiger partial charge on any atom is -0.216 e. The highest BCUT2D eigenvalue weighted by molar-refractivity contribution is 6.45. The van der Waals surface area contributed by atoms with Crippen molar-refractivity contribution in [2.24, 2.45) is 0 Å². The van der Waals surface area contributed by atoms with E-state index >= 15 is 0 Å². The van der Waals surface area contributed by atoms with Crippen molar-refractivity contribution in [2.45, 2.75) is 32.3 Å². The van der Waals surface area contributed by atoms with Gasteiger partial charge in [0.25, 0.3) is 0 Å². The Balaban J connectivity index is 0.000000583. The van der Waals surface area contributed by atoms with Crippen molar-refractivity contribution >= 4 is 69.6 Å². The fourth-order valence-corrected chi connectivity index (χ4v) is 3.38. The number of halogens is 7. The van der Waals surface area contributed by atoms with Crippen molar-refractivity contribution in [3.63, 3.8) is 0 Å². The average molecular weight is 337 g/mol. The molecule has 0 aliphatic heterocycles. The molecular formula is C8H9Cl6F. The molecule has 90 valence electrons. The smallest absolute Gasteiger partial charge is 0.0795 e. The summed E-state index contributed by atoms with van der Waals surface area (Å²) in [5.41, 5.74) is 0. The van der Waals surface area contributed by atoms with Gasteiger partial charge in [0.2, 0.25) is 0 Å². The molecule has 0 heterocycles. The molecule has 0 saturated heterocycles. The molecule has 1 aliphatic rings. The molecule has 0 spiro atoms. The standard InChI is InChI=1S/C6H6Cl6.C2H3F/c7-1-2(8)4(10)6(12)5(11)3(1)9;1-2-3/h1-6H;2H,1H2/t1-,2-,3-,4+,5+,6+;. The second-order valence-electron chi connectivity index (χ2n) is 2.82. The van der Waals surface area contributed by atoms with Gasteiger partial charge in [0.15, 0.2) is 0 Å². The van der Waals surface area contributed by atoms with Gasteiger partial charge in [0.1, 0.15) is 0 Å². The van der Waals surface area contributed by atoms with Crippen molar-refractivity contribution in [1.82, 2.24) is 0 Å². The summed E-state index contributed by atoms with van der Waals surface area (Å²) >= 11 is 35.3. The molecule has 15 heavy (non-hydrogen) atoms. The second kappa shape index (κ2) is 7.68. The van der Waals surface area contributed by atoms with Crippen LogP contribution in [0.4, 0.5) is 4.39 Å².